The van der Waals surface area contributed by atoms with Gasteiger partial charge in [0.25, 0.3) is 0 Å². The van der Waals surface area contributed by atoms with E-state index in [1.165, 1.54) is 0 Å². The minimum Gasteiger partial charge on any atom is -0.303 e. The van der Waals surface area contributed by atoms with E-state index in [-0.39, 0.29) is 39.2 Å². The summed E-state index contributed by atoms with van der Waals surface area (Å²) in [6.07, 6.45) is 0. The molecule has 0 rings (SSSR count). The van der Waals surface area contributed by atoms with Gasteiger partial charge in [-0.05, 0) is 0 Å². The molecular formula is H3AgCoO4P. The first-order valence-electron chi connectivity index (χ1n) is 0.783. The van der Waals surface area contributed by atoms with E-state index in [0.717, 1.165) is 0 Å². The number of phosphoric acid groups is 1. The van der Waals surface area contributed by atoms with Crippen LogP contribution in [0.5, 0.6) is 0 Å². The maximum atomic E-state index is 8.88. The molecule has 0 aliphatic carbocycles. The number of hydrogen-bond donors (Lipinski definition) is 3. The van der Waals surface area contributed by atoms with Crippen molar-refractivity contribution in [2.24, 2.45) is 0 Å². The van der Waals surface area contributed by atoms with Gasteiger partial charge in [0.2, 0.25) is 0 Å². The first-order chi connectivity index (χ1) is 2.00. The van der Waals surface area contributed by atoms with Gasteiger partial charge in [-0.1, -0.05) is 0 Å². The van der Waals surface area contributed by atoms with E-state index in [9.17, 15) is 0 Å². The summed E-state index contributed by atoms with van der Waals surface area (Å²) in [6.45, 7) is 0. The van der Waals surface area contributed by atoms with Crippen LogP contribution in [0.3, 0.4) is 0 Å². The predicted octanol–water partition coefficient (Wildman–Crippen LogP) is -0.934. The van der Waals surface area contributed by atoms with Crippen molar-refractivity contribution in [1.29, 1.82) is 0 Å². The molecule has 0 amide bonds. The van der Waals surface area contributed by atoms with Crippen LogP contribution in [0.4, 0.5) is 0 Å². The molecule has 0 bridgehead atoms. The molecule has 0 aliphatic rings. The SMILES string of the molecule is O=P(O)(O)O.[Ag].[Co]. The second-order valence-corrected chi connectivity index (χ2v) is 1.54. The standard InChI is InChI=1S/Ag.Co.H3O4P/c;;1-5(2,3)4/h;;(H3,1,2,3,4). The molecule has 0 saturated carbocycles. The van der Waals surface area contributed by atoms with Crippen LogP contribution in [-0.2, 0) is 43.7 Å². The van der Waals surface area contributed by atoms with Gasteiger partial charge in [0.05, 0.1) is 0 Å². The summed E-state index contributed by atoms with van der Waals surface area (Å²) in [6, 6.07) is 0. The largest absolute Gasteiger partial charge is 0.466 e. The summed E-state index contributed by atoms with van der Waals surface area (Å²) < 4.78 is 8.88. The fourth-order valence-electron chi connectivity index (χ4n) is 0. The number of hydrogen-bond acceptors (Lipinski definition) is 1. The molecule has 0 aromatic carbocycles. The summed E-state index contributed by atoms with van der Waals surface area (Å²) in [5.41, 5.74) is 0. The monoisotopic (exact) mass is 264 g/mol. The van der Waals surface area contributed by atoms with Gasteiger partial charge in [0.15, 0.2) is 0 Å². The Hall–Kier alpha value is 1.36. The molecule has 0 aromatic heterocycles. The first-order valence-corrected chi connectivity index (χ1v) is 2.35. The molecule has 0 atom stereocenters. The molecule has 0 spiro atoms. The molecular weight excluding hydrogens is 262 g/mol. The zero-order chi connectivity index (χ0) is 4.50. The second-order valence-electron chi connectivity index (χ2n) is 0.513. The molecule has 52 valence electrons. The van der Waals surface area contributed by atoms with Crippen LogP contribution in [0.1, 0.15) is 0 Å². The van der Waals surface area contributed by atoms with E-state index in [1.54, 1.807) is 0 Å². The van der Waals surface area contributed by atoms with Gasteiger partial charge in [-0.2, -0.15) is 0 Å². The summed E-state index contributed by atoms with van der Waals surface area (Å²) in [7, 11) is -4.64. The first kappa shape index (κ1) is 15.8. The van der Waals surface area contributed by atoms with Crippen molar-refractivity contribution in [2.75, 3.05) is 0 Å². The van der Waals surface area contributed by atoms with Crippen molar-refractivity contribution in [2.45, 2.75) is 0 Å². The van der Waals surface area contributed by atoms with Crippen LogP contribution in [0, 0.1) is 0 Å². The molecule has 0 aromatic rings. The normalized spacial score (nSPS) is 8.43. The van der Waals surface area contributed by atoms with Gasteiger partial charge in [-0.3, -0.25) is 0 Å². The Morgan fingerprint density at radius 2 is 1.14 bits per heavy atom. The molecule has 7 heteroatoms. The Balaban J connectivity index is -0.0000000800. The van der Waals surface area contributed by atoms with Gasteiger partial charge in [0, 0.05) is 39.2 Å². The molecule has 0 heterocycles. The van der Waals surface area contributed by atoms with Crippen LogP contribution in [0.25, 0.3) is 0 Å². The summed E-state index contributed by atoms with van der Waals surface area (Å²) >= 11 is 0. The molecule has 7 heavy (non-hydrogen) atoms. The van der Waals surface area contributed by atoms with Crippen molar-refractivity contribution in [1.82, 2.24) is 0 Å². The average molecular weight is 265 g/mol. The Labute approximate surface area is 66.3 Å². The maximum Gasteiger partial charge on any atom is 0.466 e. The minimum atomic E-state index is -4.64. The van der Waals surface area contributed by atoms with E-state index in [0.29, 0.717) is 0 Å². The number of rotatable bonds is 0. The zero-order valence-electron chi connectivity index (χ0n) is 2.83. The Kier molecular flexibility index (Phi) is 12.4. The van der Waals surface area contributed by atoms with Crippen LogP contribution in [-0.4, -0.2) is 14.7 Å². The molecule has 0 fully saturated rings. The molecule has 4 nitrogen and oxygen atoms in total. The van der Waals surface area contributed by atoms with E-state index in [2.05, 4.69) is 0 Å². The van der Waals surface area contributed by atoms with E-state index < -0.39 is 7.82 Å². The third kappa shape index (κ3) is 115. The fraction of sp³-hybridized carbons (Fsp3) is 0. The van der Waals surface area contributed by atoms with Crippen LogP contribution >= 0.6 is 7.82 Å². The Bertz CT molecular complexity index is 57.8. The molecule has 0 aliphatic heterocycles. The zero-order valence-corrected chi connectivity index (χ0v) is 6.25. The van der Waals surface area contributed by atoms with Crippen molar-refractivity contribution in [3.63, 3.8) is 0 Å². The van der Waals surface area contributed by atoms with Gasteiger partial charge in [-0.25, -0.2) is 4.57 Å². The van der Waals surface area contributed by atoms with E-state index in [4.69, 9.17) is 19.2 Å². The van der Waals surface area contributed by atoms with E-state index in [1.807, 2.05) is 0 Å². The third-order valence-corrected chi connectivity index (χ3v) is 0. The summed E-state index contributed by atoms with van der Waals surface area (Å²) in [5.74, 6) is 0. The van der Waals surface area contributed by atoms with Crippen molar-refractivity contribution in [3.8, 4) is 0 Å². The van der Waals surface area contributed by atoms with Crippen molar-refractivity contribution in [3.05, 3.63) is 0 Å². The topological polar surface area (TPSA) is 77.8 Å². The maximum absolute atomic E-state index is 8.88. The average Bonchev–Trinajstić information content (AvgIpc) is 0.722. The Morgan fingerprint density at radius 1 is 1.14 bits per heavy atom. The fourth-order valence-corrected chi connectivity index (χ4v) is 0. The van der Waals surface area contributed by atoms with Crippen molar-refractivity contribution < 1.29 is 58.4 Å². The quantitative estimate of drug-likeness (QED) is 0.390. The smallest absolute Gasteiger partial charge is 0.303 e. The molecule has 0 saturated heterocycles. The third-order valence-electron chi connectivity index (χ3n) is 0. The van der Waals surface area contributed by atoms with Crippen LogP contribution in [0.2, 0.25) is 0 Å². The van der Waals surface area contributed by atoms with E-state index >= 15 is 0 Å². The van der Waals surface area contributed by atoms with Gasteiger partial charge in [0.1, 0.15) is 0 Å². The summed E-state index contributed by atoms with van der Waals surface area (Å²) in [4.78, 5) is 21.6. The van der Waals surface area contributed by atoms with Crippen LogP contribution < -0.4 is 0 Å². The predicted molar refractivity (Wildman–Crippen MR) is 14.3 cm³/mol. The summed E-state index contributed by atoms with van der Waals surface area (Å²) in [5, 5.41) is 0. The van der Waals surface area contributed by atoms with Gasteiger partial charge >= 0.3 is 7.82 Å². The van der Waals surface area contributed by atoms with Gasteiger partial charge in [-0.15, -0.1) is 0 Å². The Morgan fingerprint density at radius 3 is 1.14 bits per heavy atom. The molecule has 3 N–H and O–H groups in total. The van der Waals surface area contributed by atoms with Gasteiger partial charge < -0.3 is 14.7 Å². The second kappa shape index (κ2) is 5.49. The molecule has 2 radical (unpaired) electrons. The molecule has 0 unspecified atom stereocenters. The van der Waals surface area contributed by atoms with Crippen LogP contribution in [0.15, 0.2) is 0 Å². The van der Waals surface area contributed by atoms with Crippen molar-refractivity contribution >= 4 is 7.82 Å². The minimum absolute atomic E-state index is 0.